The molecule has 24 heavy (non-hydrogen) atoms. The molecule has 3 heterocycles. The number of rotatable bonds is 2. The molecule has 0 saturated carbocycles. The van der Waals surface area contributed by atoms with Gasteiger partial charge < -0.3 is 9.26 Å². The van der Waals surface area contributed by atoms with E-state index in [1.165, 1.54) is 0 Å². The highest BCUT2D eigenvalue weighted by molar-refractivity contribution is 5.47. The van der Waals surface area contributed by atoms with E-state index in [-0.39, 0.29) is 11.5 Å². The van der Waals surface area contributed by atoms with Gasteiger partial charge in [-0.05, 0) is 11.6 Å². The third kappa shape index (κ3) is 2.73. The molecule has 0 amide bonds. The minimum Gasteiger partial charge on any atom is -0.365 e. The Hall–Kier alpha value is -2.47. The van der Waals surface area contributed by atoms with Crippen molar-refractivity contribution in [2.24, 2.45) is 0 Å². The highest BCUT2D eigenvalue weighted by Crippen LogP contribution is 2.29. The quantitative estimate of drug-likeness (QED) is 0.722. The summed E-state index contributed by atoms with van der Waals surface area (Å²) in [5.74, 6) is 1.14. The summed E-state index contributed by atoms with van der Waals surface area (Å²) in [5, 5.41) is 8.70. The first kappa shape index (κ1) is 15.1. The standard InChI is InChI=1S/C18H20N4O2/c1-18(2,3)17-19-16(24-21-17)14-9-13-11-23-15(10-22(13)20-14)12-7-5-4-6-8-12/h4-9,15H,10-11H2,1-3H3/t15-/m1/s1. The number of ether oxygens (including phenoxy) is 1. The first-order valence-electron chi connectivity index (χ1n) is 8.08. The second kappa shape index (κ2) is 5.56. The fourth-order valence-electron chi connectivity index (χ4n) is 2.73. The highest BCUT2D eigenvalue weighted by atomic mass is 16.5. The van der Waals surface area contributed by atoms with Gasteiger partial charge in [-0.2, -0.15) is 10.1 Å². The van der Waals surface area contributed by atoms with Gasteiger partial charge in [0.2, 0.25) is 0 Å². The van der Waals surface area contributed by atoms with Crippen LogP contribution in [0.3, 0.4) is 0 Å². The van der Waals surface area contributed by atoms with Crippen LogP contribution in [-0.2, 0) is 23.3 Å². The lowest BCUT2D eigenvalue weighted by molar-refractivity contribution is -0.00113. The number of fused-ring (bicyclic) bond motifs is 1. The van der Waals surface area contributed by atoms with Crippen LogP contribution in [0.25, 0.3) is 11.6 Å². The van der Waals surface area contributed by atoms with Crippen molar-refractivity contribution in [2.45, 2.75) is 45.4 Å². The van der Waals surface area contributed by atoms with Crippen molar-refractivity contribution in [2.75, 3.05) is 0 Å². The van der Waals surface area contributed by atoms with Crippen molar-refractivity contribution in [3.63, 3.8) is 0 Å². The first-order valence-corrected chi connectivity index (χ1v) is 8.08. The number of aromatic nitrogens is 4. The molecule has 0 N–H and O–H groups in total. The predicted octanol–water partition coefficient (Wildman–Crippen LogP) is 3.50. The van der Waals surface area contributed by atoms with Gasteiger partial charge in [0.05, 0.1) is 18.8 Å². The Morgan fingerprint density at radius 2 is 1.96 bits per heavy atom. The number of hydrogen-bond acceptors (Lipinski definition) is 5. The van der Waals surface area contributed by atoms with Gasteiger partial charge in [-0.25, -0.2) is 0 Å². The molecule has 3 aromatic rings. The van der Waals surface area contributed by atoms with Crippen LogP contribution < -0.4 is 0 Å². The number of hydrogen-bond donors (Lipinski definition) is 0. The third-order valence-electron chi connectivity index (χ3n) is 4.12. The molecule has 0 radical (unpaired) electrons. The molecular formula is C18H20N4O2. The molecule has 0 saturated heterocycles. The van der Waals surface area contributed by atoms with Crippen LogP contribution in [-0.4, -0.2) is 19.9 Å². The lowest BCUT2D eigenvalue weighted by atomic mass is 9.96. The molecule has 0 bridgehead atoms. The summed E-state index contributed by atoms with van der Waals surface area (Å²) in [6, 6.07) is 12.2. The summed E-state index contributed by atoms with van der Waals surface area (Å²) in [7, 11) is 0. The molecule has 0 unspecified atom stereocenters. The van der Waals surface area contributed by atoms with Gasteiger partial charge in [0.25, 0.3) is 5.89 Å². The zero-order chi connectivity index (χ0) is 16.7. The number of nitrogens with zero attached hydrogens (tertiary/aromatic N) is 4. The molecular weight excluding hydrogens is 304 g/mol. The van der Waals surface area contributed by atoms with Gasteiger partial charge in [-0.3, -0.25) is 4.68 Å². The summed E-state index contributed by atoms with van der Waals surface area (Å²) >= 11 is 0. The van der Waals surface area contributed by atoms with Crippen LogP contribution >= 0.6 is 0 Å². The Morgan fingerprint density at radius 1 is 1.17 bits per heavy atom. The molecule has 6 heteroatoms. The summed E-state index contributed by atoms with van der Waals surface area (Å²) in [5.41, 5.74) is 2.73. The minimum absolute atomic E-state index is 0.0132. The Bertz CT molecular complexity index is 846. The van der Waals surface area contributed by atoms with E-state index in [9.17, 15) is 0 Å². The van der Waals surface area contributed by atoms with Gasteiger partial charge in [0.1, 0.15) is 6.10 Å². The molecule has 0 fully saturated rings. The van der Waals surface area contributed by atoms with Gasteiger partial charge in [0, 0.05) is 5.41 Å². The molecule has 6 nitrogen and oxygen atoms in total. The van der Waals surface area contributed by atoms with E-state index in [1.54, 1.807) is 0 Å². The third-order valence-corrected chi connectivity index (χ3v) is 4.12. The highest BCUT2D eigenvalue weighted by Gasteiger charge is 2.26. The van der Waals surface area contributed by atoms with Crippen molar-refractivity contribution in [3.8, 4) is 11.6 Å². The minimum atomic E-state index is -0.150. The second-order valence-corrected chi connectivity index (χ2v) is 7.09. The molecule has 1 aromatic carbocycles. The lowest BCUT2D eigenvalue weighted by Gasteiger charge is -2.24. The fraction of sp³-hybridized carbons (Fsp3) is 0.389. The molecule has 1 atom stereocenters. The molecule has 124 valence electrons. The second-order valence-electron chi connectivity index (χ2n) is 7.09. The maximum Gasteiger partial charge on any atom is 0.278 e. The predicted molar refractivity (Wildman–Crippen MR) is 88.2 cm³/mol. The zero-order valence-corrected chi connectivity index (χ0v) is 14.1. The van der Waals surface area contributed by atoms with Crippen LogP contribution in [0.5, 0.6) is 0 Å². The SMILES string of the molecule is CC(C)(C)c1noc(-c2cc3n(n2)C[C@H](c2ccccc2)OC3)n1. The molecule has 2 aromatic heterocycles. The van der Waals surface area contributed by atoms with E-state index in [0.29, 0.717) is 30.6 Å². The van der Waals surface area contributed by atoms with Crippen LogP contribution in [0.15, 0.2) is 40.9 Å². The Kier molecular flexibility index (Phi) is 3.49. The van der Waals surface area contributed by atoms with Crippen molar-refractivity contribution < 1.29 is 9.26 Å². The summed E-state index contributed by atoms with van der Waals surface area (Å²) in [4.78, 5) is 4.48. The average molecular weight is 324 g/mol. The smallest absolute Gasteiger partial charge is 0.278 e. The number of benzene rings is 1. The summed E-state index contributed by atoms with van der Waals surface area (Å²) < 4.78 is 13.3. The Morgan fingerprint density at radius 3 is 2.67 bits per heavy atom. The van der Waals surface area contributed by atoms with Gasteiger partial charge >= 0.3 is 0 Å². The van der Waals surface area contributed by atoms with Gasteiger partial charge in [-0.15, -0.1) is 0 Å². The lowest BCUT2D eigenvalue weighted by Crippen LogP contribution is -2.21. The summed E-state index contributed by atoms with van der Waals surface area (Å²) in [6.07, 6.45) is 0.0132. The van der Waals surface area contributed by atoms with Crippen molar-refractivity contribution in [1.29, 1.82) is 0 Å². The van der Waals surface area contributed by atoms with E-state index in [0.717, 1.165) is 11.3 Å². The molecule has 1 aliphatic rings. The molecule has 4 rings (SSSR count). The van der Waals surface area contributed by atoms with E-state index in [1.807, 2.05) is 28.9 Å². The van der Waals surface area contributed by atoms with Crippen LogP contribution in [0.4, 0.5) is 0 Å². The van der Waals surface area contributed by atoms with E-state index in [2.05, 4.69) is 48.1 Å². The maximum absolute atomic E-state index is 5.97. The summed E-state index contributed by atoms with van der Waals surface area (Å²) in [6.45, 7) is 7.36. The van der Waals surface area contributed by atoms with Crippen LogP contribution in [0, 0.1) is 0 Å². The van der Waals surface area contributed by atoms with E-state index >= 15 is 0 Å². The average Bonchev–Trinajstić information content (AvgIpc) is 3.21. The van der Waals surface area contributed by atoms with Crippen molar-refractivity contribution in [3.05, 3.63) is 53.5 Å². The first-order chi connectivity index (χ1) is 11.5. The fourth-order valence-corrected chi connectivity index (χ4v) is 2.73. The monoisotopic (exact) mass is 324 g/mol. The topological polar surface area (TPSA) is 66.0 Å². The van der Waals surface area contributed by atoms with Crippen LogP contribution in [0.2, 0.25) is 0 Å². The maximum atomic E-state index is 5.97. The zero-order valence-electron chi connectivity index (χ0n) is 14.1. The van der Waals surface area contributed by atoms with E-state index < -0.39 is 0 Å². The Balaban J connectivity index is 1.60. The van der Waals surface area contributed by atoms with Crippen molar-refractivity contribution >= 4 is 0 Å². The van der Waals surface area contributed by atoms with Gasteiger partial charge in [-0.1, -0.05) is 56.3 Å². The largest absolute Gasteiger partial charge is 0.365 e. The van der Waals surface area contributed by atoms with Gasteiger partial charge in [0.15, 0.2) is 11.5 Å². The van der Waals surface area contributed by atoms with Crippen LogP contribution in [0.1, 0.15) is 44.0 Å². The molecule has 0 spiro atoms. The molecule has 0 aliphatic carbocycles. The Labute approximate surface area is 140 Å². The van der Waals surface area contributed by atoms with Crippen molar-refractivity contribution in [1.82, 2.24) is 19.9 Å². The normalized spacial score (nSPS) is 17.7. The van der Waals surface area contributed by atoms with E-state index in [4.69, 9.17) is 9.26 Å². The molecule has 1 aliphatic heterocycles.